The number of para-hydroxylation sites is 1. The zero-order valence-electron chi connectivity index (χ0n) is 13.1. The number of fused-ring (bicyclic) bond motifs is 1. The van der Waals surface area contributed by atoms with Gasteiger partial charge >= 0.3 is 0 Å². The Kier molecular flexibility index (Phi) is 3.68. The molecule has 1 fully saturated rings. The van der Waals surface area contributed by atoms with Crippen LogP contribution < -0.4 is 0 Å². The van der Waals surface area contributed by atoms with Gasteiger partial charge < -0.3 is 9.52 Å². The first-order valence-corrected chi connectivity index (χ1v) is 8.20. The highest BCUT2D eigenvalue weighted by Crippen LogP contribution is 2.38. The van der Waals surface area contributed by atoms with Gasteiger partial charge in [-0.05, 0) is 24.5 Å². The van der Waals surface area contributed by atoms with E-state index in [1.54, 1.807) is 6.26 Å². The SMILES string of the molecule is OC1(c2coc3ccccc23)CCN(Cc2ccccc2)CC1. The second-order valence-corrected chi connectivity index (χ2v) is 6.44. The number of aliphatic hydroxyl groups is 1. The molecule has 1 aromatic heterocycles. The van der Waals surface area contributed by atoms with Gasteiger partial charge in [-0.25, -0.2) is 0 Å². The molecule has 0 amide bonds. The number of furan rings is 1. The molecule has 4 rings (SSSR count). The van der Waals surface area contributed by atoms with Crippen LogP contribution in [0.3, 0.4) is 0 Å². The van der Waals surface area contributed by atoms with Crippen molar-refractivity contribution in [1.82, 2.24) is 4.90 Å². The second-order valence-electron chi connectivity index (χ2n) is 6.44. The monoisotopic (exact) mass is 307 g/mol. The van der Waals surface area contributed by atoms with E-state index in [9.17, 15) is 5.11 Å². The van der Waals surface area contributed by atoms with Crippen LogP contribution >= 0.6 is 0 Å². The van der Waals surface area contributed by atoms with Gasteiger partial charge in [0.2, 0.25) is 0 Å². The molecule has 0 saturated carbocycles. The predicted molar refractivity (Wildman–Crippen MR) is 91.1 cm³/mol. The van der Waals surface area contributed by atoms with Crippen molar-refractivity contribution in [2.75, 3.05) is 13.1 Å². The van der Waals surface area contributed by atoms with E-state index in [4.69, 9.17) is 4.42 Å². The fraction of sp³-hybridized carbons (Fsp3) is 0.300. The van der Waals surface area contributed by atoms with Crippen molar-refractivity contribution in [1.29, 1.82) is 0 Å². The Labute approximate surface area is 136 Å². The third kappa shape index (κ3) is 2.78. The van der Waals surface area contributed by atoms with E-state index < -0.39 is 5.60 Å². The van der Waals surface area contributed by atoms with Crippen LogP contribution in [0.4, 0.5) is 0 Å². The molecule has 23 heavy (non-hydrogen) atoms. The number of piperidine rings is 1. The van der Waals surface area contributed by atoms with Crippen molar-refractivity contribution < 1.29 is 9.52 Å². The summed E-state index contributed by atoms with van der Waals surface area (Å²) in [6.07, 6.45) is 3.21. The van der Waals surface area contributed by atoms with Crippen molar-refractivity contribution in [2.24, 2.45) is 0 Å². The Morgan fingerprint density at radius 2 is 1.65 bits per heavy atom. The molecule has 1 N–H and O–H groups in total. The molecule has 1 aliphatic rings. The molecule has 118 valence electrons. The fourth-order valence-electron chi connectivity index (χ4n) is 3.53. The van der Waals surface area contributed by atoms with E-state index in [-0.39, 0.29) is 0 Å². The number of nitrogens with zero attached hydrogens (tertiary/aromatic N) is 1. The summed E-state index contributed by atoms with van der Waals surface area (Å²) in [7, 11) is 0. The largest absolute Gasteiger partial charge is 0.464 e. The Hall–Kier alpha value is -2.10. The molecule has 0 aliphatic carbocycles. The molecule has 1 aliphatic heterocycles. The third-order valence-electron chi connectivity index (χ3n) is 4.91. The van der Waals surface area contributed by atoms with E-state index in [0.29, 0.717) is 0 Å². The number of likely N-dealkylation sites (tertiary alicyclic amines) is 1. The number of benzene rings is 2. The van der Waals surface area contributed by atoms with Gasteiger partial charge in [0.15, 0.2) is 0 Å². The van der Waals surface area contributed by atoms with Gasteiger partial charge in [0, 0.05) is 30.6 Å². The lowest BCUT2D eigenvalue weighted by atomic mass is 9.84. The zero-order valence-corrected chi connectivity index (χ0v) is 13.1. The van der Waals surface area contributed by atoms with Gasteiger partial charge in [-0.3, -0.25) is 4.90 Å². The van der Waals surface area contributed by atoms with Crippen LogP contribution in [0.2, 0.25) is 0 Å². The summed E-state index contributed by atoms with van der Waals surface area (Å²) in [5.74, 6) is 0. The van der Waals surface area contributed by atoms with Crippen LogP contribution in [0.15, 0.2) is 65.3 Å². The number of rotatable bonds is 3. The summed E-state index contributed by atoms with van der Waals surface area (Å²) in [4.78, 5) is 2.41. The van der Waals surface area contributed by atoms with Crippen LogP contribution in [0.1, 0.15) is 24.0 Å². The summed E-state index contributed by atoms with van der Waals surface area (Å²) < 4.78 is 5.62. The summed E-state index contributed by atoms with van der Waals surface area (Å²) in [5, 5.41) is 12.2. The van der Waals surface area contributed by atoms with Crippen LogP contribution in [0.5, 0.6) is 0 Å². The molecule has 3 nitrogen and oxygen atoms in total. The Bertz CT molecular complexity index is 786. The lowest BCUT2D eigenvalue weighted by molar-refractivity contribution is -0.0271. The zero-order chi connectivity index (χ0) is 15.7. The highest BCUT2D eigenvalue weighted by Gasteiger charge is 2.36. The molecule has 3 aromatic rings. The highest BCUT2D eigenvalue weighted by atomic mass is 16.3. The van der Waals surface area contributed by atoms with Crippen LogP contribution in [-0.2, 0) is 12.1 Å². The van der Waals surface area contributed by atoms with Crippen molar-refractivity contribution in [2.45, 2.75) is 25.0 Å². The van der Waals surface area contributed by atoms with E-state index in [2.05, 4.69) is 29.2 Å². The van der Waals surface area contributed by atoms with E-state index >= 15 is 0 Å². The maximum atomic E-state index is 11.1. The van der Waals surface area contributed by atoms with Crippen LogP contribution in [0.25, 0.3) is 11.0 Å². The molecule has 0 bridgehead atoms. The van der Waals surface area contributed by atoms with Crippen molar-refractivity contribution >= 4 is 11.0 Å². The van der Waals surface area contributed by atoms with Crippen LogP contribution in [-0.4, -0.2) is 23.1 Å². The van der Waals surface area contributed by atoms with Gasteiger partial charge in [0.05, 0.1) is 11.9 Å². The van der Waals surface area contributed by atoms with E-state index in [0.717, 1.165) is 49.0 Å². The molecule has 3 heteroatoms. The fourth-order valence-corrected chi connectivity index (χ4v) is 3.53. The molecule has 0 radical (unpaired) electrons. The second kappa shape index (κ2) is 5.84. The predicted octanol–water partition coefficient (Wildman–Crippen LogP) is 3.92. The van der Waals surface area contributed by atoms with Crippen molar-refractivity contribution in [3.8, 4) is 0 Å². The molecular formula is C20H21NO2. The average molecular weight is 307 g/mol. The van der Waals surface area contributed by atoms with Gasteiger partial charge in [-0.15, -0.1) is 0 Å². The van der Waals surface area contributed by atoms with Crippen molar-refractivity contribution in [3.05, 3.63) is 72.0 Å². The van der Waals surface area contributed by atoms with Crippen molar-refractivity contribution in [3.63, 3.8) is 0 Å². The summed E-state index contributed by atoms with van der Waals surface area (Å²) in [6, 6.07) is 18.4. The quantitative estimate of drug-likeness (QED) is 0.797. The summed E-state index contributed by atoms with van der Waals surface area (Å²) in [6.45, 7) is 2.73. The normalized spacial score (nSPS) is 18.3. The minimum atomic E-state index is -0.778. The van der Waals surface area contributed by atoms with Gasteiger partial charge in [-0.2, -0.15) is 0 Å². The average Bonchev–Trinajstić information content (AvgIpc) is 3.03. The highest BCUT2D eigenvalue weighted by molar-refractivity contribution is 5.81. The number of hydrogen-bond donors (Lipinski definition) is 1. The molecule has 2 heterocycles. The molecule has 0 atom stereocenters. The van der Waals surface area contributed by atoms with Gasteiger partial charge in [-0.1, -0.05) is 48.5 Å². The maximum absolute atomic E-state index is 11.1. The molecule has 1 saturated heterocycles. The van der Waals surface area contributed by atoms with Gasteiger partial charge in [0.25, 0.3) is 0 Å². The number of hydrogen-bond acceptors (Lipinski definition) is 3. The summed E-state index contributed by atoms with van der Waals surface area (Å²) in [5.41, 5.74) is 2.33. The molecule has 0 spiro atoms. The first kappa shape index (κ1) is 14.5. The first-order valence-electron chi connectivity index (χ1n) is 8.20. The summed E-state index contributed by atoms with van der Waals surface area (Å²) >= 11 is 0. The minimum Gasteiger partial charge on any atom is -0.464 e. The molecule has 2 aromatic carbocycles. The lowest BCUT2D eigenvalue weighted by Gasteiger charge is -2.38. The van der Waals surface area contributed by atoms with Crippen LogP contribution in [0, 0.1) is 0 Å². The van der Waals surface area contributed by atoms with E-state index in [1.807, 2.05) is 30.3 Å². The standard InChI is InChI=1S/C20H21NO2/c22-20(18-15-23-19-9-5-4-8-17(18)19)10-12-21(13-11-20)14-16-6-2-1-3-7-16/h1-9,15,22H,10-14H2. The third-order valence-corrected chi connectivity index (χ3v) is 4.91. The minimum absolute atomic E-state index is 0.739. The Morgan fingerprint density at radius 1 is 0.957 bits per heavy atom. The maximum Gasteiger partial charge on any atom is 0.134 e. The molecular weight excluding hydrogens is 286 g/mol. The Balaban J connectivity index is 1.50. The molecule has 0 unspecified atom stereocenters. The topological polar surface area (TPSA) is 36.6 Å². The lowest BCUT2D eigenvalue weighted by Crippen LogP contribution is -2.42. The Morgan fingerprint density at radius 3 is 2.43 bits per heavy atom. The van der Waals surface area contributed by atoms with E-state index in [1.165, 1.54) is 5.56 Å². The first-order chi connectivity index (χ1) is 11.2. The smallest absolute Gasteiger partial charge is 0.134 e. The van der Waals surface area contributed by atoms with Gasteiger partial charge in [0.1, 0.15) is 5.58 Å².